The summed E-state index contributed by atoms with van der Waals surface area (Å²) in [7, 11) is 4.13. The lowest BCUT2D eigenvalue weighted by Gasteiger charge is -2.09. The number of fused-ring (bicyclic) bond motifs is 2. The number of benzene rings is 2. The van der Waals surface area contributed by atoms with Crippen LogP contribution in [0.4, 0.5) is 5.69 Å². The Morgan fingerprint density at radius 2 is 1.76 bits per heavy atom. The first-order valence-corrected chi connectivity index (χ1v) is 7.39. The van der Waals surface area contributed by atoms with Gasteiger partial charge in [0.15, 0.2) is 0 Å². The number of hydrogen-bond acceptors (Lipinski definition) is 3. The Hall–Kier alpha value is -1.65. The van der Waals surface area contributed by atoms with Gasteiger partial charge >= 0.3 is 0 Å². The van der Waals surface area contributed by atoms with Crippen molar-refractivity contribution in [2.75, 3.05) is 19.8 Å². The van der Waals surface area contributed by atoms with Gasteiger partial charge in [-0.3, -0.25) is 0 Å². The van der Waals surface area contributed by atoms with E-state index in [9.17, 15) is 0 Å². The minimum atomic E-state index is 0. The highest BCUT2D eigenvalue weighted by atomic mass is 35.5. The van der Waals surface area contributed by atoms with Gasteiger partial charge in [0.05, 0.1) is 20.8 Å². The highest BCUT2D eigenvalue weighted by Gasteiger charge is 2.12. The second-order valence-electron chi connectivity index (χ2n) is 5.39. The monoisotopic (exact) mass is 319 g/mol. The molecule has 3 rings (SSSR count). The largest absolute Gasteiger partial charge is 1.00 e. The van der Waals surface area contributed by atoms with Crippen molar-refractivity contribution in [3.8, 4) is 10.6 Å². The molecule has 1 aliphatic heterocycles. The number of aromatic nitrogens is 1. The highest BCUT2D eigenvalue weighted by Crippen LogP contribution is 2.32. The van der Waals surface area contributed by atoms with Gasteiger partial charge in [-0.1, -0.05) is 0 Å². The van der Waals surface area contributed by atoms with Gasteiger partial charge in [0, 0.05) is 17.3 Å². The zero-order valence-corrected chi connectivity index (χ0v) is 14.1. The molecule has 2 aliphatic rings. The molecule has 0 aromatic heterocycles. The predicted octanol–water partition coefficient (Wildman–Crippen LogP) is -0.364. The van der Waals surface area contributed by atoms with Crippen molar-refractivity contribution in [3.05, 3.63) is 40.7 Å². The molecular weight excluding hydrogens is 302 g/mol. The number of anilines is 1. The first-order valence-electron chi connectivity index (χ1n) is 6.57. The summed E-state index contributed by atoms with van der Waals surface area (Å²) in [6.07, 6.45) is 0. The van der Waals surface area contributed by atoms with E-state index in [1.807, 2.05) is 13.0 Å². The summed E-state index contributed by atoms with van der Waals surface area (Å²) in [5.74, 6) is 0. The lowest BCUT2D eigenvalue weighted by molar-refractivity contribution is -0.00000423. The summed E-state index contributed by atoms with van der Waals surface area (Å²) in [5, 5.41) is 1.23. The van der Waals surface area contributed by atoms with E-state index in [0.717, 1.165) is 27.2 Å². The third-order valence-corrected chi connectivity index (χ3v) is 4.66. The molecule has 0 saturated carbocycles. The summed E-state index contributed by atoms with van der Waals surface area (Å²) in [4.78, 5) is 5.97. The van der Waals surface area contributed by atoms with Crippen molar-refractivity contribution < 1.29 is 12.4 Å². The Bertz CT molecular complexity index is 863. The molecule has 0 unspecified atom stereocenters. The fourth-order valence-corrected chi connectivity index (χ4v) is 3.43. The average molecular weight is 320 g/mol. The summed E-state index contributed by atoms with van der Waals surface area (Å²) in [5.41, 5.74) is 11.2. The van der Waals surface area contributed by atoms with Gasteiger partial charge in [0.25, 0.3) is 0 Å². The fourth-order valence-electron chi connectivity index (χ4n) is 2.42. The van der Waals surface area contributed by atoms with Crippen LogP contribution >= 0.6 is 11.3 Å². The summed E-state index contributed by atoms with van der Waals surface area (Å²) < 4.78 is 3.27. The van der Waals surface area contributed by atoms with E-state index in [1.165, 1.54) is 15.8 Å². The van der Waals surface area contributed by atoms with Crippen molar-refractivity contribution in [3.63, 3.8) is 0 Å². The zero-order valence-electron chi connectivity index (χ0n) is 12.6. The molecule has 21 heavy (non-hydrogen) atoms. The molecule has 0 radical (unpaired) electrons. The maximum absolute atomic E-state index is 6.00. The molecule has 3 nitrogen and oxygen atoms in total. The lowest BCUT2D eigenvalue weighted by Crippen LogP contribution is -3.00. The third-order valence-electron chi connectivity index (χ3n) is 3.57. The van der Waals surface area contributed by atoms with E-state index in [2.05, 4.69) is 43.8 Å². The molecule has 2 N–H and O–H groups in total. The van der Waals surface area contributed by atoms with E-state index >= 15 is 0 Å². The number of rotatable bonds is 0. The van der Waals surface area contributed by atoms with Crippen LogP contribution in [-0.2, 0) is 0 Å². The number of aryl methyl sites for hydroxylation is 2. The molecule has 0 bridgehead atoms. The van der Waals surface area contributed by atoms with Crippen molar-refractivity contribution in [2.24, 2.45) is 0 Å². The van der Waals surface area contributed by atoms with Crippen LogP contribution in [0.3, 0.4) is 0 Å². The molecule has 110 valence electrons. The quantitative estimate of drug-likeness (QED) is 0.349. The predicted molar refractivity (Wildman–Crippen MR) is 87.2 cm³/mol. The van der Waals surface area contributed by atoms with Gasteiger partial charge in [-0.25, -0.2) is 9.56 Å². The van der Waals surface area contributed by atoms with Gasteiger partial charge in [-0.2, -0.15) is 0 Å². The fraction of sp³-hybridized carbons (Fsp3) is 0.250. The molecule has 0 atom stereocenters. The Labute approximate surface area is 134 Å². The lowest BCUT2D eigenvalue weighted by atomic mass is 10.1. The van der Waals surface area contributed by atoms with Crippen LogP contribution in [-0.4, -0.2) is 19.1 Å². The van der Waals surface area contributed by atoms with Crippen molar-refractivity contribution in [2.45, 2.75) is 13.8 Å². The minimum absolute atomic E-state index is 0. The topological polar surface area (TPSA) is 41.9 Å². The van der Waals surface area contributed by atoms with Crippen LogP contribution in [0, 0.1) is 13.8 Å². The second kappa shape index (κ2) is 5.62. The van der Waals surface area contributed by atoms with Crippen LogP contribution < -0.4 is 28.1 Å². The van der Waals surface area contributed by atoms with Crippen LogP contribution in [0.1, 0.15) is 11.1 Å². The third kappa shape index (κ3) is 2.74. The number of halogens is 1. The molecule has 1 heterocycles. The zero-order chi connectivity index (χ0) is 14.4. The molecule has 0 fully saturated rings. The average Bonchev–Trinajstić information content (AvgIpc) is 2.37. The van der Waals surface area contributed by atoms with Crippen molar-refractivity contribution in [1.29, 1.82) is 0 Å². The second-order valence-corrected chi connectivity index (χ2v) is 6.48. The van der Waals surface area contributed by atoms with Crippen molar-refractivity contribution >= 4 is 27.2 Å². The van der Waals surface area contributed by atoms with E-state index < -0.39 is 0 Å². The summed E-state index contributed by atoms with van der Waals surface area (Å²) >= 11 is 1.75. The molecule has 0 spiro atoms. The Balaban J connectivity index is 0.00000161. The number of nitrogens with zero attached hydrogens (tertiary/aromatic N) is 2. The summed E-state index contributed by atoms with van der Waals surface area (Å²) in [6.45, 7) is 4.14. The first-order chi connectivity index (χ1) is 9.45. The normalized spacial score (nSPS) is 10.7. The molecule has 1 aliphatic carbocycles. The maximum Gasteiger partial charge on any atom is 0.203 e. The maximum atomic E-state index is 6.00. The van der Waals surface area contributed by atoms with Crippen LogP contribution in [0.5, 0.6) is 0 Å². The summed E-state index contributed by atoms with van der Waals surface area (Å²) in [6, 6.07) is 8.46. The van der Waals surface area contributed by atoms with Crippen LogP contribution in [0.2, 0.25) is 0 Å². The van der Waals surface area contributed by atoms with Gasteiger partial charge in [0.1, 0.15) is 14.1 Å². The van der Waals surface area contributed by atoms with Gasteiger partial charge < -0.3 is 18.1 Å². The van der Waals surface area contributed by atoms with E-state index in [4.69, 9.17) is 10.7 Å². The van der Waals surface area contributed by atoms with Crippen LogP contribution in [0.15, 0.2) is 24.3 Å². The molecule has 1 aromatic rings. The van der Waals surface area contributed by atoms with Gasteiger partial charge in [0.2, 0.25) is 5.36 Å². The van der Waals surface area contributed by atoms with E-state index in [-0.39, 0.29) is 12.4 Å². The molecule has 0 amide bonds. The number of nitrogens with two attached hydrogens (primary N) is 1. The van der Waals surface area contributed by atoms with Gasteiger partial charge in [-0.05, 0) is 37.6 Å². The van der Waals surface area contributed by atoms with Crippen molar-refractivity contribution in [1.82, 2.24) is 9.56 Å². The number of nitrogen functional groups attached to an aromatic ring is 1. The van der Waals surface area contributed by atoms with Gasteiger partial charge in [-0.15, -0.1) is 11.3 Å². The Morgan fingerprint density at radius 3 is 2.43 bits per heavy atom. The number of hydrogen-bond donors (Lipinski definition) is 1. The Morgan fingerprint density at radius 1 is 1.05 bits per heavy atom. The van der Waals surface area contributed by atoms with E-state index in [1.54, 1.807) is 11.3 Å². The molecule has 5 heteroatoms. The molecule has 1 aromatic carbocycles. The Kier molecular flexibility index (Phi) is 4.21. The van der Waals surface area contributed by atoms with Crippen LogP contribution in [0.25, 0.3) is 20.8 Å². The SMILES string of the molecule is Cc1cc2nc3cc(C)c(=[N+](C)C)cc-3sc2cc1N.[Cl-]. The smallest absolute Gasteiger partial charge is 0.203 e. The standard InChI is InChI=1S/C16H17N3S.ClH/c1-9-5-12-15(7-11(9)17)20-16-8-14(19(3)4)10(2)6-13(16)18-12;/h5-8,17H,1-4H3;1H. The first kappa shape index (κ1) is 15.7. The molecular formula is C16H18ClN3S. The minimum Gasteiger partial charge on any atom is -1.00 e. The highest BCUT2D eigenvalue weighted by molar-refractivity contribution is 7.21. The van der Waals surface area contributed by atoms with E-state index in [0.29, 0.717) is 0 Å². The molecule has 0 saturated heterocycles.